The molecule has 30 heavy (non-hydrogen) atoms. The zero-order valence-electron chi connectivity index (χ0n) is 16.2. The molecule has 0 aromatic heterocycles. The first-order valence-electron chi connectivity index (χ1n) is 9.43. The van der Waals surface area contributed by atoms with Crippen molar-refractivity contribution in [2.45, 2.75) is 18.0 Å². The molecule has 1 saturated heterocycles. The van der Waals surface area contributed by atoms with E-state index >= 15 is 0 Å². The van der Waals surface area contributed by atoms with Crippen LogP contribution in [0.25, 0.3) is 0 Å². The molecule has 0 unspecified atom stereocenters. The summed E-state index contributed by atoms with van der Waals surface area (Å²) in [6.45, 7) is 0. The highest BCUT2D eigenvalue weighted by atomic mass is 35.5. The Morgan fingerprint density at radius 3 is 2.47 bits per heavy atom. The fourth-order valence-corrected chi connectivity index (χ4v) is 4.60. The summed E-state index contributed by atoms with van der Waals surface area (Å²) in [5, 5.41) is 28.3. The van der Waals surface area contributed by atoms with Crippen LogP contribution in [-0.4, -0.2) is 22.4 Å². The van der Waals surface area contributed by atoms with E-state index in [1.54, 1.807) is 19.2 Å². The van der Waals surface area contributed by atoms with Gasteiger partial charge in [0, 0.05) is 23.1 Å². The molecule has 1 aliphatic heterocycles. The van der Waals surface area contributed by atoms with E-state index in [4.69, 9.17) is 28.6 Å². The number of thiocarbonyl (C=S) groups is 1. The minimum atomic E-state index is -0.851. The number of methoxy groups -OCH3 is 1. The maximum absolute atomic E-state index is 10.8. The number of halogens is 1. The van der Waals surface area contributed by atoms with E-state index in [2.05, 4.69) is 10.6 Å². The molecule has 0 spiro atoms. The van der Waals surface area contributed by atoms with E-state index in [0.29, 0.717) is 22.1 Å². The van der Waals surface area contributed by atoms with Gasteiger partial charge >= 0.3 is 0 Å². The third-order valence-electron chi connectivity index (χ3n) is 5.45. The minimum absolute atomic E-state index is 0.0136. The van der Waals surface area contributed by atoms with Gasteiger partial charge in [-0.2, -0.15) is 0 Å². The molecule has 5 nitrogen and oxygen atoms in total. The number of phenols is 2. The number of ether oxygens (including phenoxy) is 1. The summed E-state index contributed by atoms with van der Waals surface area (Å²) < 4.78 is 5.30. The van der Waals surface area contributed by atoms with Crippen LogP contribution in [0.3, 0.4) is 0 Å². The summed E-state index contributed by atoms with van der Waals surface area (Å²) in [5.74, 6) is 0.684. The molecule has 7 heteroatoms. The quantitative estimate of drug-likeness (QED) is 0.444. The first kappa shape index (κ1) is 20.3. The lowest BCUT2D eigenvalue weighted by Crippen LogP contribution is -2.57. The van der Waals surface area contributed by atoms with Crippen LogP contribution in [0.4, 0.5) is 0 Å². The number of phenolic OH excluding ortho intramolecular Hbond substituents is 2. The highest BCUT2D eigenvalue weighted by Gasteiger charge is 2.43. The predicted octanol–water partition coefficient (Wildman–Crippen LogP) is 4.61. The SMILES string of the molecule is COc1ccc([C@@]2(c3ccc(O)cc3O)C[C@@H](c3ccccc3Cl)NC(=S)N2)cc1. The molecular weight excluding hydrogens is 420 g/mol. The Morgan fingerprint density at radius 2 is 1.80 bits per heavy atom. The van der Waals surface area contributed by atoms with Crippen LogP contribution in [0.1, 0.15) is 29.2 Å². The third-order valence-corrected chi connectivity index (χ3v) is 6.01. The second kappa shape index (κ2) is 8.05. The number of benzene rings is 3. The van der Waals surface area contributed by atoms with Crippen LogP contribution in [0.15, 0.2) is 66.7 Å². The van der Waals surface area contributed by atoms with E-state index in [0.717, 1.165) is 16.9 Å². The number of rotatable bonds is 4. The van der Waals surface area contributed by atoms with E-state index in [1.807, 2.05) is 48.5 Å². The Balaban J connectivity index is 1.89. The van der Waals surface area contributed by atoms with E-state index in [9.17, 15) is 10.2 Å². The highest BCUT2D eigenvalue weighted by Crippen LogP contribution is 2.45. The van der Waals surface area contributed by atoms with Gasteiger partial charge in [0.25, 0.3) is 0 Å². The molecule has 2 atom stereocenters. The van der Waals surface area contributed by atoms with Gasteiger partial charge in [-0.25, -0.2) is 0 Å². The van der Waals surface area contributed by atoms with Crippen molar-refractivity contribution in [3.05, 3.63) is 88.4 Å². The summed E-state index contributed by atoms with van der Waals surface area (Å²) in [6, 6.07) is 19.6. The average molecular weight is 441 g/mol. The van der Waals surface area contributed by atoms with Gasteiger partial charge in [0.2, 0.25) is 0 Å². The van der Waals surface area contributed by atoms with Crippen LogP contribution in [-0.2, 0) is 5.54 Å². The fraction of sp³-hybridized carbons (Fsp3) is 0.174. The number of hydrogen-bond acceptors (Lipinski definition) is 4. The van der Waals surface area contributed by atoms with Crippen molar-refractivity contribution in [1.29, 1.82) is 0 Å². The Morgan fingerprint density at radius 1 is 1.07 bits per heavy atom. The van der Waals surface area contributed by atoms with Crippen molar-refractivity contribution in [2.24, 2.45) is 0 Å². The molecule has 0 radical (unpaired) electrons. The molecule has 0 amide bonds. The molecule has 3 aromatic carbocycles. The average Bonchev–Trinajstić information content (AvgIpc) is 2.73. The molecule has 0 bridgehead atoms. The van der Waals surface area contributed by atoms with Gasteiger partial charge in [-0.1, -0.05) is 41.9 Å². The lowest BCUT2D eigenvalue weighted by Gasteiger charge is -2.45. The molecule has 4 rings (SSSR count). The van der Waals surface area contributed by atoms with Crippen molar-refractivity contribution >= 4 is 28.9 Å². The van der Waals surface area contributed by atoms with Crippen LogP contribution >= 0.6 is 23.8 Å². The summed E-state index contributed by atoms with van der Waals surface area (Å²) >= 11 is 12.1. The summed E-state index contributed by atoms with van der Waals surface area (Å²) in [4.78, 5) is 0. The molecule has 0 aliphatic carbocycles. The van der Waals surface area contributed by atoms with Gasteiger partial charge in [-0.05, 0) is 53.7 Å². The monoisotopic (exact) mass is 440 g/mol. The maximum atomic E-state index is 10.8. The van der Waals surface area contributed by atoms with Gasteiger partial charge in [-0.3, -0.25) is 0 Å². The molecule has 0 saturated carbocycles. The Labute approximate surface area is 185 Å². The highest BCUT2D eigenvalue weighted by molar-refractivity contribution is 7.80. The number of aromatic hydroxyl groups is 2. The van der Waals surface area contributed by atoms with Gasteiger partial charge in [0.1, 0.15) is 17.2 Å². The van der Waals surface area contributed by atoms with Gasteiger partial charge in [-0.15, -0.1) is 0 Å². The van der Waals surface area contributed by atoms with Gasteiger partial charge < -0.3 is 25.6 Å². The molecule has 3 aromatic rings. The second-order valence-electron chi connectivity index (χ2n) is 7.21. The van der Waals surface area contributed by atoms with Crippen molar-refractivity contribution in [1.82, 2.24) is 10.6 Å². The first-order valence-corrected chi connectivity index (χ1v) is 10.2. The Bertz CT molecular complexity index is 1090. The normalized spacial score (nSPS) is 20.9. The minimum Gasteiger partial charge on any atom is -0.508 e. The van der Waals surface area contributed by atoms with Crippen LogP contribution in [0, 0.1) is 0 Å². The predicted molar refractivity (Wildman–Crippen MR) is 121 cm³/mol. The van der Waals surface area contributed by atoms with Crippen molar-refractivity contribution in [3.8, 4) is 17.2 Å². The van der Waals surface area contributed by atoms with Crippen LogP contribution < -0.4 is 15.4 Å². The standard InChI is InChI=1S/C23H21ClN2O3S/c1-29-16-9-6-14(7-10-16)23(18-11-8-15(27)12-21(18)28)13-20(25-22(30)26-23)17-4-2-3-5-19(17)24/h2-12,20,27-28H,13H2,1H3,(H2,25,26,30)/t20-,23+/m0/s1. The summed E-state index contributed by atoms with van der Waals surface area (Å²) in [7, 11) is 1.61. The zero-order valence-corrected chi connectivity index (χ0v) is 17.8. The molecular formula is C23H21ClN2O3S. The van der Waals surface area contributed by atoms with Crippen molar-refractivity contribution in [2.75, 3.05) is 7.11 Å². The summed E-state index contributed by atoms with van der Waals surface area (Å²) in [5.41, 5.74) is 1.56. The van der Waals surface area contributed by atoms with Crippen molar-refractivity contribution < 1.29 is 14.9 Å². The van der Waals surface area contributed by atoms with E-state index in [1.165, 1.54) is 6.07 Å². The number of hydrogen-bond donors (Lipinski definition) is 4. The number of nitrogens with one attached hydrogen (secondary N) is 2. The van der Waals surface area contributed by atoms with Crippen LogP contribution in [0.2, 0.25) is 5.02 Å². The topological polar surface area (TPSA) is 73.8 Å². The van der Waals surface area contributed by atoms with Gasteiger partial charge in [0.05, 0.1) is 18.7 Å². The molecule has 4 N–H and O–H groups in total. The Hall–Kier alpha value is -2.96. The lowest BCUT2D eigenvalue weighted by molar-refractivity contribution is 0.330. The van der Waals surface area contributed by atoms with Crippen LogP contribution in [0.5, 0.6) is 17.2 Å². The Kier molecular flexibility index (Phi) is 5.45. The molecule has 1 aliphatic rings. The fourth-order valence-electron chi connectivity index (χ4n) is 4.02. The van der Waals surface area contributed by atoms with Crippen molar-refractivity contribution in [3.63, 3.8) is 0 Å². The lowest BCUT2D eigenvalue weighted by atomic mass is 9.75. The van der Waals surface area contributed by atoms with E-state index < -0.39 is 5.54 Å². The van der Waals surface area contributed by atoms with Gasteiger partial charge in [0.15, 0.2) is 5.11 Å². The molecule has 154 valence electrons. The van der Waals surface area contributed by atoms with E-state index in [-0.39, 0.29) is 17.5 Å². The second-order valence-corrected chi connectivity index (χ2v) is 8.03. The maximum Gasteiger partial charge on any atom is 0.167 e. The summed E-state index contributed by atoms with van der Waals surface area (Å²) in [6.07, 6.45) is 0.515. The molecule has 1 heterocycles. The zero-order chi connectivity index (χ0) is 21.3. The largest absolute Gasteiger partial charge is 0.508 e. The molecule has 1 fully saturated rings. The third kappa shape index (κ3) is 3.64. The smallest absolute Gasteiger partial charge is 0.167 e. The first-order chi connectivity index (χ1) is 14.4.